The van der Waals surface area contributed by atoms with Crippen molar-refractivity contribution in [3.8, 4) is 0 Å². The summed E-state index contributed by atoms with van der Waals surface area (Å²) in [5, 5.41) is 3.03. The van der Waals surface area contributed by atoms with E-state index in [0.29, 0.717) is 37.0 Å². The number of amides is 2. The fourth-order valence-corrected chi connectivity index (χ4v) is 2.59. The minimum Gasteiger partial charge on any atom is -0.383 e. The molecule has 0 aromatic heterocycles. The van der Waals surface area contributed by atoms with Crippen LogP contribution in [0, 0.1) is 0 Å². The van der Waals surface area contributed by atoms with E-state index in [9.17, 15) is 9.59 Å². The monoisotopic (exact) mass is 319 g/mol. The number of fused-ring (bicyclic) bond motifs is 1. The van der Waals surface area contributed by atoms with Crippen LogP contribution >= 0.6 is 11.6 Å². The normalized spacial score (nSPS) is 17.5. The highest BCUT2D eigenvalue weighted by Crippen LogP contribution is 2.23. The average Bonchev–Trinajstić information content (AvgIpc) is 2.99. The highest BCUT2D eigenvalue weighted by atomic mass is 35.5. The van der Waals surface area contributed by atoms with Crippen LogP contribution in [0.5, 0.6) is 0 Å². The van der Waals surface area contributed by atoms with Gasteiger partial charge < -0.3 is 11.1 Å². The molecule has 114 valence electrons. The Morgan fingerprint density at radius 1 is 1.36 bits per heavy atom. The Morgan fingerprint density at radius 2 is 2.09 bits per heavy atom. The number of nitrogens with one attached hydrogen (secondary N) is 1. The maximum absolute atomic E-state index is 12.3. The second-order valence-corrected chi connectivity index (χ2v) is 5.31. The number of nitrogens with two attached hydrogens (primary N) is 1. The topological polar surface area (TPSA) is 91.0 Å². The Morgan fingerprint density at radius 3 is 2.77 bits per heavy atom. The SMILES string of the molecule is NC1=C(NC=O)C(=O)N2CCN=C2N1Cc1ccc(Cl)cc1. The van der Waals surface area contributed by atoms with Gasteiger partial charge in [-0.3, -0.25) is 24.4 Å². The summed E-state index contributed by atoms with van der Waals surface area (Å²) in [6, 6.07) is 7.31. The lowest BCUT2D eigenvalue weighted by Crippen LogP contribution is -2.54. The van der Waals surface area contributed by atoms with Crippen LogP contribution in [0.4, 0.5) is 0 Å². The molecule has 0 saturated carbocycles. The van der Waals surface area contributed by atoms with Crippen molar-refractivity contribution in [2.45, 2.75) is 6.54 Å². The minimum absolute atomic E-state index is 0.0739. The van der Waals surface area contributed by atoms with E-state index in [1.54, 1.807) is 17.0 Å². The van der Waals surface area contributed by atoms with Crippen molar-refractivity contribution in [2.24, 2.45) is 10.7 Å². The Bertz CT molecular complexity index is 683. The van der Waals surface area contributed by atoms with Crippen LogP contribution in [0.1, 0.15) is 5.56 Å². The van der Waals surface area contributed by atoms with E-state index in [1.165, 1.54) is 4.90 Å². The van der Waals surface area contributed by atoms with Gasteiger partial charge in [0, 0.05) is 11.6 Å². The predicted molar refractivity (Wildman–Crippen MR) is 81.4 cm³/mol. The molecule has 0 atom stereocenters. The van der Waals surface area contributed by atoms with Gasteiger partial charge in [0.1, 0.15) is 11.5 Å². The van der Waals surface area contributed by atoms with Gasteiger partial charge in [-0.15, -0.1) is 0 Å². The van der Waals surface area contributed by atoms with E-state index in [0.717, 1.165) is 5.56 Å². The van der Waals surface area contributed by atoms with Crippen molar-refractivity contribution in [3.05, 3.63) is 46.4 Å². The van der Waals surface area contributed by atoms with Gasteiger partial charge in [0.2, 0.25) is 12.4 Å². The van der Waals surface area contributed by atoms with Gasteiger partial charge in [-0.05, 0) is 17.7 Å². The van der Waals surface area contributed by atoms with E-state index in [4.69, 9.17) is 17.3 Å². The summed E-state index contributed by atoms with van der Waals surface area (Å²) in [6.45, 7) is 1.41. The summed E-state index contributed by atoms with van der Waals surface area (Å²) in [7, 11) is 0. The van der Waals surface area contributed by atoms with Crippen LogP contribution < -0.4 is 11.1 Å². The molecule has 0 aliphatic carbocycles. The molecule has 3 N–H and O–H groups in total. The zero-order valence-corrected chi connectivity index (χ0v) is 12.4. The van der Waals surface area contributed by atoms with Gasteiger partial charge in [0.15, 0.2) is 0 Å². The van der Waals surface area contributed by atoms with Crippen molar-refractivity contribution in [1.29, 1.82) is 0 Å². The first-order chi connectivity index (χ1) is 10.6. The molecule has 7 nitrogen and oxygen atoms in total. The largest absolute Gasteiger partial charge is 0.383 e. The molecule has 1 aromatic rings. The quantitative estimate of drug-likeness (QED) is 0.777. The van der Waals surface area contributed by atoms with E-state index in [1.807, 2.05) is 12.1 Å². The minimum atomic E-state index is -0.340. The number of guanidine groups is 1. The third kappa shape index (κ3) is 2.39. The summed E-state index contributed by atoms with van der Waals surface area (Å²) in [6.07, 6.45) is 0.443. The standard InChI is InChI=1S/C14H14ClN5O2/c15-10-3-1-9(2-4-10)7-20-12(16)11(18-8-21)13(22)19-6-5-17-14(19)20/h1-4,8H,5-7,16H2,(H,18,21). The molecule has 0 bridgehead atoms. The Hall–Kier alpha value is -2.54. The molecule has 0 saturated heterocycles. The molecule has 8 heteroatoms. The number of aliphatic imine (C=N–C) groups is 1. The molecule has 1 aromatic carbocycles. The van der Waals surface area contributed by atoms with E-state index >= 15 is 0 Å². The second-order valence-electron chi connectivity index (χ2n) is 4.87. The summed E-state index contributed by atoms with van der Waals surface area (Å²) in [5.74, 6) is 0.353. The molecule has 2 amide bonds. The van der Waals surface area contributed by atoms with Gasteiger partial charge >= 0.3 is 0 Å². The molecule has 2 aliphatic rings. The van der Waals surface area contributed by atoms with Crippen molar-refractivity contribution >= 4 is 29.9 Å². The number of rotatable bonds is 4. The first kappa shape index (κ1) is 14.4. The third-order valence-electron chi connectivity index (χ3n) is 3.52. The van der Waals surface area contributed by atoms with Gasteiger partial charge in [-0.2, -0.15) is 0 Å². The molecular formula is C14H14ClN5O2. The number of hydrogen-bond donors (Lipinski definition) is 2. The number of halogens is 1. The molecule has 3 rings (SSSR count). The highest BCUT2D eigenvalue weighted by molar-refractivity contribution is 6.30. The van der Waals surface area contributed by atoms with Gasteiger partial charge in [0.25, 0.3) is 5.91 Å². The molecule has 0 fully saturated rings. The van der Waals surface area contributed by atoms with Crippen molar-refractivity contribution in [1.82, 2.24) is 15.1 Å². The number of benzene rings is 1. The highest BCUT2D eigenvalue weighted by Gasteiger charge is 2.38. The smallest absolute Gasteiger partial charge is 0.280 e. The number of carbonyl (C=O) groups is 2. The zero-order chi connectivity index (χ0) is 15.7. The Labute approximate surface area is 132 Å². The van der Waals surface area contributed by atoms with Crippen LogP contribution in [0.2, 0.25) is 5.02 Å². The fourth-order valence-electron chi connectivity index (χ4n) is 2.47. The van der Waals surface area contributed by atoms with Gasteiger partial charge in [-0.25, -0.2) is 0 Å². The van der Waals surface area contributed by atoms with Crippen LogP contribution in [-0.2, 0) is 16.1 Å². The van der Waals surface area contributed by atoms with E-state index in [2.05, 4.69) is 10.3 Å². The van der Waals surface area contributed by atoms with Crippen molar-refractivity contribution in [3.63, 3.8) is 0 Å². The Balaban J connectivity index is 1.97. The average molecular weight is 320 g/mol. The summed E-state index contributed by atoms with van der Waals surface area (Å²) >= 11 is 5.88. The van der Waals surface area contributed by atoms with E-state index in [-0.39, 0.29) is 17.4 Å². The lowest BCUT2D eigenvalue weighted by atomic mass is 10.2. The molecule has 0 spiro atoms. The first-order valence-corrected chi connectivity index (χ1v) is 7.08. The van der Waals surface area contributed by atoms with Crippen LogP contribution in [-0.4, -0.2) is 41.2 Å². The molecule has 0 unspecified atom stereocenters. The first-order valence-electron chi connectivity index (χ1n) is 6.70. The van der Waals surface area contributed by atoms with Crippen LogP contribution in [0.3, 0.4) is 0 Å². The van der Waals surface area contributed by atoms with Crippen LogP contribution in [0.25, 0.3) is 0 Å². The molecule has 2 heterocycles. The fraction of sp³-hybridized carbons (Fsp3) is 0.214. The maximum Gasteiger partial charge on any atom is 0.280 e. The Kier molecular flexibility index (Phi) is 3.72. The molecule has 2 aliphatic heterocycles. The lowest BCUT2D eigenvalue weighted by Gasteiger charge is -2.35. The molecular weight excluding hydrogens is 306 g/mol. The number of hydrogen-bond acceptors (Lipinski definition) is 5. The van der Waals surface area contributed by atoms with Gasteiger partial charge in [0.05, 0.1) is 13.1 Å². The lowest BCUT2D eigenvalue weighted by molar-refractivity contribution is -0.125. The van der Waals surface area contributed by atoms with Crippen LogP contribution in [0.15, 0.2) is 40.8 Å². The van der Waals surface area contributed by atoms with E-state index < -0.39 is 0 Å². The zero-order valence-electron chi connectivity index (χ0n) is 11.6. The molecule has 22 heavy (non-hydrogen) atoms. The van der Waals surface area contributed by atoms with Crippen molar-refractivity contribution < 1.29 is 9.59 Å². The summed E-state index contributed by atoms with van der Waals surface area (Å²) < 4.78 is 0. The number of carbonyl (C=O) groups excluding carboxylic acids is 2. The third-order valence-corrected chi connectivity index (χ3v) is 3.77. The predicted octanol–water partition coefficient (Wildman–Crippen LogP) is 0.228. The maximum atomic E-state index is 12.3. The van der Waals surface area contributed by atoms with Crippen molar-refractivity contribution in [2.75, 3.05) is 13.1 Å². The number of nitrogens with zero attached hydrogens (tertiary/aromatic N) is 3. The second kappa shape index (κ2) is 5.69. The molecule has 0 radical (unpaired) electrons. The summed E-state index contributed by atoms with van der Waals surface area (Å²) in [5.41, 5.74) is 7.10. The summed E-state index contributed by atoms with van der Waals surface area (Å²) in [4.78, 5) is 30.6. The van der Waals surface area contributed by atoms with Gasteiger partial charge in [-0.1, -0.05) is 23.7 Å².